The predicted octanol–water partition coefficient (Wildman–Crippen LogP) is 4.95. The molecular weight excluding hydrogens is 252 g/mol. The number of allylic oxidation sites excluding steroid dienone is 1. The summed E-state index contributed by atoms with van der Waals surface area (Å²) in [5, 5.41) is 0. The van der Waals surface area contributed by atoms with Crippen LogP contribution in [0.1, 0.15) is 41.0 Å². The molecule has 0 bridgehead atoms. The topological polar surface area (TPSA) is 26.3 Å². The Morgan fingerprint density at radius 2 is 1.79 bits per heavy atom. The maximum absolute atomic E-state index is 11.3. The zero-order valence-corrected chi connectivity index (χ0v) is 14.3. The van der Waals surface area contributed by atoms with E-state index in [-0.39, 0.29) is 5.97 Å². The van der Waals surface area contributed by atoms with Crippen molar-refractivity contribution in [3.63, 3.8) is 0 Å². The first-order valence-electron chi connectivity index (χ1n) is 7.21. The number of rotatable bonds is 9. The smallest absolute Gasteiger partial charge is 0.333 e. The average molecular weight is 282 g/mol. The van der Waals surface area contributed by atoms with Crippen molar-refractivity contribution in [1.82, 2.24) is 0 Å². The van der Waals surface area contributed by atoms with Crippen molar-refractivity contribution in [2.45, 2.75) is 64.2 Å². The van der Waals surface area contributed by atoms with Crippen LogP contribution in [0.5, 0.6) is 0 Å². The summed E-state index contributed by atoms with van der Waals surface area (Å²) in [7, 11) is -1.38. The summed E-state index contributed by atoms with van der Waals surface area (Å²) in [6.07, 6.45) is 3.03. The molecule has 110 valence electrons. The highest BCUT2D eigenvalue weighted by Crippen LogP contribution is 2.40. The summed E-state index contributed by atoms with van der Waals surface area (Å²) in [4.78, 5) is 11.3. The molecular formula is C16H30O2Si. The second-order valence-electron chi connectivity index (χ2n) is 6.06. The number of esters is 1. The number of hydrogen-bond donors (Lipinski definition) is 0. The second-order valence-corrected chi connectivity index (χ2v) is 11.7. The van der Waals surface area contributed by atoms with Crippen molar-refractivity contribution in [1.29, 1.82) is 0 Å². The van der Waals surface area contributed by atoms with Crippen LogP contribution in [-0.2, 0) is 9.53 Å². The average Bonchev–Trinajstić information content (AvgIpc) is 2.31. The van der Waals surface area contributed by atoms with Gasteiger partial charge in [-0.15, -0.1) is 6.58 Å². The molecule has 0 aliphatic rings. The van der Waals surface area contributed by atoms with Gasteiger partial charge in [0.1, 0.15) is 0 Å². The molecule has 0 radical (unpaired) electrons. The third-order valence-electron chi connectivity index (χ3n) is 4.19. The van der Waals surface area contributed by atoms with E-state index in [1.165, 1.54) is 6.04 Å². The summed E-state index contributed by atoms with van der Waals surface area (Å²) in [5.74, 6) is -0.273. The number of hydrogen-bond acceptors (Lipinski definition) is 2. The molecule has 0 saturated carbocycles. The standard InChI is InChI=1S/C16H30O2Si/c1-8-11-19(14(4)5,15(6)7)12-9-10-18-16(17)13(2)3/h8,14-15H,1-2,9-12H2,3-7H3. The van der Waals surface area contributed by atoms with E-state index in [0.717, 1.165) is 23.5 Å². The van der Waals surface area contributed by atoms with Gasteiger partial charge >= 0.3 is 5.97 Å². The molecule has 0 amide bonds. The van der Waals surface area contributed by atoms with Gasteiger partial charge in [0.15, 0.2) is 0 Å². The van der Waals surface area contributed by atoms with Crippen LogP contribution < -0.4 is 0 Å². The number of ether oxygens (including phenoxy) is 1. The minimum atomic E-state index is -1.38. The van der Waals surface area contributed by atoms with E-state index >= 15 is 0 Å². The summed E-state index contributed by atoms with van der Waals surface area (Å²) >= 11 is 0. The molecule has 0 aromatic rings. The predicted molar refractivity (Wildman–Crippen MR) is 86.2 cm³/mol. The van der Waals surface area contributed by atoms with Crippen molar-refractivity contribution in [3.8, 4) is 0 Å². The van der Waals surface area contributed by atoms with Crippen molar-refractivity contribution in [3.05, 3.63) is 24.8 Å². The molecule has 0 aromatic heterocycles. The Hall–Kier alpha value is -0.833. The maximum Gasteiger partial charge on any atom is 0.333 e. The van der Waals surface area contributed by atoms with Crippen LogP contribution in [0.4, 0.5) is 0 Å². The van der Waals surface area contributed by atoms with Gasteiger partial charge in [-0.2, -0.15) is 0 Å². The molecule has 2 nitrogen and oxygen atoms in total. The normalized spacial score (nSPS) is 11.7. The van der Waals surface area contributed by atoms with Crippen LogP contribution in [0.2, 0.25) is 23.2 Å². The Balaban J connectivity index is 4.47. The van der Waals surface area contributed by atoms with E-state index in [0.29, 0.717) is 12.2 Å². The van der Waals surface area contributed by atoms with Gasteiger partial charge < -0.3 is 4.74 Å². The lowest BCUT2D eigenvalue weighted by atomic mass is 10.4. The van der Waals surface area contributed by atoms with E-state index in [1.807, 2.05) is 0 Å². The van der Waals surface area contributed by atoms with E-state index in [4.69, 9.17) is 4.74 Å². The van der Waals surface area contributed by atoms with Gasteiger partial charge in [0.05, 0.1) is 14.7 Å². The van der Waals surface area contributed by atoms with Crippen LogP contribution in [0.15, 0.2) is 24.8 Å². The van der Waals surface area contributed by atoms with Crippen molar-refractivity contribution in [2.75, 3.05) is 6.61 Å². The molecule has 0 N–H and O–H groups in total. The molecule has 3 heteroatoms. The fourth-order valence-electron chi connectivity index (χ4n) is 2.78. The van der Waals surface area contributed by atoms with Gasteiger partial charge in [0.2, 0.25) is 0 Å². The van der Waals surface area contributed by atoms with E-state index in [9.17, 15) is 4.79 Å². The Morgan fingerprint density at radius 1 is 1.26 bits per heavy atom. The Labute approximate surface area is 119 Å². The van der Waals surface area contributed by atoms with Crippen LogP contribution in [0.25, 0.3) is 0 Å². The van der Waals surface area contributed by atoms with Crippen molar-refractivity contribution >= 4 is 14.0 Å². The molecule has 0 unspecified atom stereocenters. The van der Waals surface area contributed by atoms with Crippen molar-refractivity contribution < 1.29 is 9.53 Å². The Bertz CT molecular complexity index is 311. The van der Waals surface area contributed by atoms with Gasteiger partial charge in [-0.1, -0.05) is 57.5 Å². The van der Waals surface area contributed by atoms with E-state index in [1.54, 1.807) is 6.92 Å². The van der Waals surface area contributed by atoms with Gasteiger partial charge in [-0.05, 0) is 19.4 Å². The zero-order chi connectivity index (χ0) is 15.1. The van der Waals surface area contributed by atoms with Crippen LogP contribution in [0, 0.1) is 0 Å². The first kappa shape index (κ1) is 18.2. The SMILES string of the molecule is C=CC[Si](CCCOC(=O)C(=C)C)(C(C)C)C(C)C. The lowest BCUT2D eigenvalue weighted by Crippen LogP contribution is -2.40. The highest BCUT2D eigenvalue weighted by atomic mass is 28.3. The number of carbonyl (C=O) groups is 1. The summed E-state index contributed by atoms with van der Waals surface area (Å²) in [6, 6.07) is 2.34. The number of carbonyl (C=O) groups excluding carboxylic acids is 1. The monoisotopic (exact) mass is 282 g/mol. The largest absolute Gasteiger partial charge is 0.462 e. The van der Waals surface area contributed by atoms with E-state index in [2.05, 4.69) is 46.9 Å². The Morgan fingerprint density at radius 3 is 2.16 bits per heavy atom. The highest BCUT2D eigenvalue weighted by molar-refractivity contribution is 6.82. The fraction of sp³-hybridized carbons (Fsp3) is 0.688. The van der Waals surface area contributed by atoms with Crippen LogP contribution in [0.3, 0.4) is 0 Å². The molecule has 0 aromatic carbocycles. The van der Waals surface area contributed by atoms with Gasteiger partial charge in [0.25, 0.3) is 0 Å². The summed E-state index contributed by atoms with van der Waals surface area (Å²) < 4.78 is 5.19. The van der Waals surface area contributed by atoms with Gasteiger partial charge in [-0.25, -0.2) is 4.79 Å². The lowest BCUT2D eigenvalue weighted by molar-refractivity contribution is -0.138. The fourth-order valence-corrected chi connectivity index (χ4v) is 7.75. The van der Waals surface area contributed by atoms with Crippen LogP contribution >= 0.6 is 0 Å². The molecule has 0 saturated heterocycles. The maximum atomic E-state index is 11.3. The third kappa shape index (κ3) is 5.35. The quantitative estimate of drug-likeness (QED) is 0.197. The first-order chi connectivity index (χ1) is 8.77. The van der Waals surface area contributed by atoms with Gasteiger partial charge in [-0.3, -0.25) is 0 Å². The van der Waals surface area contributed by atoms with Crippen molar-refractivity contribution in [2.24, 2.45) is 0 Å². The Kier molecular flexibility index (Phi) is 7.99. The molecule has 19 heavy (non-hydrogen) atoms. The highest BCUT2D eigenvalue weighted by Gasteiger charge is 2.37. The molecule has 0 spiro atoms. The minimum absolute atomic E-state index is 0.273. The summed E-state index contributed by atoms with van der Waals surface area (Å²) in [5.41, 5.74) is 1.92. The first-order valence-corrected chi connectivity index (χ1v) is 9.78. The molecule has 0 aliphatic heterocycles. The molecule has 0 atom stereocenters. The molecule has 0 rings (SSSR count). The molecule has 0 aliphatic carbocycles. The van der Waals surface area contributed by atoms with Gasteiger partial charge in [0, 0.05) is 5.57 Å². The lowest BCUT2D eigenvalue weighted by Gasteiger charge is -2.39. The second kappa shape index (κ2) is 8.36. The summed E-state index contributed by atoms with van der Waals surface area (Å²) in [6.45, 7) is 19.0. The van der Waals surface area contributed by atoms with Crippen LogP contribution in [-0.4, -0.2) is 20.7 Å². The van der Waals surface area contributed by atoms with E-state index < -0.39 is 8.07 Å². The minimum Gasteiger partial charge on any atom is -0.462 e. The zero-order valence-electron chi connectivity index (χ0n) is 13.3. The molecule has 0 heterocycles. The molecule has 0 fully saturated rings. The third-order valence-corrected chi connectivity index (χ3v) is 11.1.